The fourth-order valence-corrected chi connectivity index (χ4v) is 1.22. The van der Waals surface area contributed by atoms with Crippen LogP contribution in [0.1, 0.15) is 18.9 Å². The van der Waals surface area contributed by atoms with Gasteiger partial charge in [-0.1, -0.05) is 36.4 Å². The van der Waals surface area contributed by atoms with E-state index in [1.165, 1.54) is 0 Å². The normalized spacial score (nSPS) is 12.3. The third kappa shape index (κ3) is 5.51. The van der Waals surface area contributed by atoms with E-state index in [9.17, 15) is 9.59 Å². The number of ether oxygens (including phenoxy) is 1. The van der Waals surface area contributed by atoms with E-state index >= 15 is 0 Å². The molecule has 1 aromatic carbocycles. The monoisotopic (exact) mass is 234 g/mol. The van der Waals surface area contributed by atoms with E-state index in [0.717, 1.165) is 5.56 Å². The maximum Gasteiger partial charge on any atom is 0.317 e. The number of carboxylic acids is 1. The van der Waals surface area contributed by atoms with E-state index in [1.807, 2.05) is 36.4 Å². The lowest BCUT2D eigenvalue weighted by Crippen LogP contribution is -2.15. The number of rotatable bonds is 5. The molecule has 1 atom stereocenters. The Morgan fingerprint density at radius 2 is 2.00 bits per heavy atom. The molecule has 0 heterocycles. The van der Waals surface area contributed by atoms with Crippen molar-refractivity contribution in [3.8, 4) is 0 Å². The average Bonchev–Trinajstić information content (AvgIpc) is 2.26. The second-order valence-corrected chi connectivity index (χ2v) is 3.54. The molecule has 4 nitrogen and oxygen atoms in total. The van der Waals surface area contributed by atoms with Crippen LogP contribution in [0.2, 0.25) is 0 Å². The van der Waals surface area contributed by atoms with Gasteiger partial charge in [-0.15, -0.1) is 0 Å². The predicted molar refractivity (Wildman–Crippen MR) is 63.3 cm³/mol. The Balaban J connectivity index is 2.44. The Morgan fingerprint density at radius 3 is 2.59 bits per heavy atom. The van der Waals surface area contributed by atoms with Crippen LogP contribution in [0.5, 0.6) is 0 Å². The molecule has 0 saturated carbocycles. The lowest BCUT2D eigenvalue weighted by molar-refractivity contribution is -0.152. The first-order valence-corrected chi connectivity index (χ1v) is 5.22. The molecule has 90 valence electrons. The van der Waals surface area contributed by atoms with Crippen LogP contribution in [0.15, 0.2) is 36.4 Å². The summed E-state index contributed by atoms with van der Waals surface area (Å²) in [4.78, 5) is 21.3. The third-order valence-electron chi connectivity index (χ3n) is 1.97. The first-order valence-electron chi connectivity index (χ1n) is 5.22. The SMILES string of the molecule is CC(C=Cc1ccccc1)OC(=O)CC(=O)O. The quantitative estimate of drug-likeness (QED) is 0.626. The fourth-order valence-electron chi connectivity index (χ4n) is 1.22. The third-order valence-corrected chi connectivity index (χ3v) is 1.97. The summed E-state index contributed by atoms with van der Waals surface area (Å²) in [5.41, 5.74) is 0.994. The first-order chi connectivity index (χ1) is 8.08. The highest BCUT2D eigenvalue weighted by atomic mass is 16.5. The zero-order valence-corrected chi connectivity index (χ0v) is 9.50. The summed E-state index contributed by atoms with van der Waals surface area (Å²) in [5, 5.41) is 8.39. The number of carbonyl (C=O) groups is 2. The molecule has 0 saturated heterocycles. The number of hydrogen-bond acceptors (Lipinski definition) is 3. The molecule has 0 aromatic heterocycles. The maximum absolute atomic E-state index is 11.0. The summed E-state index contributed by atoms with van der Waals surface area (Å²) in [6.07, 6.45) is 2.47. The summed E-state index contributed by atoms with van der Waals surface area (Å²) in [6, 6.07) is 9.56. The smallest absolute Gasteiger partial charge is 0.317 e. The van der Waals surface area contributed by atoms with Gasteiger partial charge in [0, 0.05) is 0 Å². The van der Waals surface area contributed by atoms with Gasteiger partial charge in [-0.25, -0.2) is 0 Å². The molecule has 1 N–H and O–H groups in total. The summed E-state index contributed by atoms with van der Waals surface area (Å²) in [6.45, 7) is 1.68. The van der Waals surface area contributed by atoms with Crippen LogP contribution in [-0.4, -0.2) is 23.1 Å². The Morgan fingerprint density at radius 1 is 1.35 bits per heavy atom. The minimum absolute atomic E-state index is 0.443. The topological polar surface area (TPSA) is 63.6 Å². The number of hydrogen-bond donors (Lipinski definition) is 1. The van der Waals surface area contributed by atoms with Crippen LogP contribution < -0.4 is 0 Å². The molecular weight excluding hydrogens is 220 g/mol. The molecule has 17 heavy (non-hydrogen) atoms. The summed E-state index contributed by atoms with van der Waals surface area (Å²) in [5.74, 6) is -1.92. The minimum Gasteiger partial charge on any atom is -0.481 e. The van der Waals surface area contributed by atoms with Crippen LogP contribution in [0.3, 0.4) is 0 Å². The lowest BCUT2D eigenvalue weighted by atomic mass is 10.2. The molecule has 0 fully saturated rings. The maximum atomic E-state index is 11.0. The molecule has 0 spiro atoms. The summed E-state index contributed by atoms with van der Waals surface area (Å²) in [7, 11) is 0. The molecule has 0 radical (unpaired) electrons. The van der Waals surface area contributed by atoms with Crippen molar-refractivity contribution in [2.45, 2.75) is 19.4 Å². The molecule has 4 heteroatoms. The van der Waals surface area contributed by atoms with E-state index < -0.39 is 24.5 Å². The van der Waals surface area contributed by atoms with Crippen molar-refractivity contribution in [1.29, 1.82) is 0 Å². The molecule has 1 unspecified atom stereocenters. The largest absolute Gasteiger partial charge is 0.481 e. The van der Waals surface area contributed by atoms with Gasteiger partial charge in [-0.05, 0) is 18.6 Å². The molecule has 0 aliphatic heterocycles. The molecule has 0 bridgehead atoms. The highest BCUT2D eigenvalue weighted by Gasteiger charge is 2.10. The van der Waals surface area contributed by atoms with Gasteiger partial charge < -0.3 is 9.84 Å². The van der Waals surface area contributed by atoms with Gasteiger partial charge in [0.25, 0.3) is 0 Å². The zero-order valence-electron chi connectivity index (χ0n) is 9.50. The predicted octanol–water partition coefficient (Wildman–Crippen LogP) is 2.11. The number of carboxylic acid groups (broad SMARTS) is 1. The Hall–Kier alpha value is -2.10. The van der Waals surface area contributed by atoms with Crippen molar-refractivity contribution < 1.29 is 19.4 Å². The van der Waals surface area contributed by atoms with E-state index in [4.69, 9.17) is 9.84 Å². The molecular formula is C13H14O4. The van der Waals surface area contributed by atoms with Gasteiger partial charge in [-0.2, -0.15) is 0 Å². The van der Waals surface area contributed by atoms with E-state index in [0.29, 0.717) is 0 Å². The lowest BCUT2D eigenvalue weighted by Gasteiger charge is -2.07. The number of carbonyl (C=O) groups excluding carboxylic acids is 1. The minimum atomic E-state index is -1.19. The average molecular weight is 234 g/mol. The van der Waals surface area contributed by atoms with Gasteiger partial charge >= 0.3 is 11.9 Å². The Labute approximate surface area is 99.5 Å². The number of aliphatic carboxylic acids is 1. The van der Waals surface area contributed by atoms with E-state index in [-0.39, 0.29) is 0 Å². The number of esters is 1. The first kappa shape index (κ1) is 13.0. The van der Waals surface area contributed by atoms with E-state index in [1.54, 1.807) is 13.0 Å². The van der Waals surface area contributed by atoms with Crippen LogP contribution in [-0.2, 0) is 14.3 Å². The highest BCUT2D eigenvalue weighted by Crippen LogP contribution is 2.04. The highest BCUT2D eigenvalue weighted by molar-refractivity contribution is 5.90. The van der Waals surface area contributed by atoms with E-state index in [2.05, 4.69) is 0 Å². The van der Waals surface area contributed by atoms with Crippen LogP contribution in [0.25, 0.3) is 6.08 Å². The Bertz CT molecular complexity index is 409. The van der Waals surface area contributed by atoms with Crippen LogP contribution in [0, 0.1) is 0 Å². The molecule has 1 aromatic rings. The summed E-state index contributed by atoms with van der Waals surface area (Å²) >= 11 is 0. The molecule has 0 amide bonds. The zero-order chi connectivity index (χ0) is 12.7. The van der Waals surface area contributed by atoms with Gasteiger partial charge in [0.05, 0.1) is 0 Å². The van der Waals surface area contributed by atoms with Crippen molar-refractivity contribution >= 4 is 18.0 Å². The molecule has 0 aliphatic carbocycles. The summed E-state index contributed by atoms with van der Waals surface area (Å²) < 4.78 is 4.88. The van der Waals surface area contributed by atoms with Crippen LogP contribution in [0.4, 0.5) is 0 Å². The van der Waals surface area contributed by atoms with Gasteiger partial charge in [0.15, 0.2) is 0 Å². The van der Waals surface area contributed by atoms with Crippen molar-refractivity contribution in [3.05, 3.63) is 42.0 Å². The van der Waals surface area contributed by atoms with Crippen LogP contribution >= 0.6 is 0 Å². The van der Waals surface area contributed by atoms with Crippen molar-refractivity contribution in [2.24, 2.45) is 0 Å². The van der Waals surface area contributed by atoms with Crippen molar-refractivity contribution in [2.75, 3.05) is 0 Å². The standard InChI is InChI=1S/C13H14O4/c1-10(17-13(16)9-12(14)15)7-8-11-5-3-2-4-6-11/h2-8,10H,9H2,1H3,(H,14,15). The second-order valence-electron chi connectivity index (χ2n) is 3.54. The number of benzene rings is 1. The van der Waals surface area contributed by atoms with Crippen molar-refractivity contribution in [3.63, 3.8) is 0 Å². The fraction of sp³-hybridized carbons (Fsp3) is 0.231. The van der Waals surface area contributed by atoms with Gasteiger partial charge in [0.1, 0.15) is 12.5 Å². The second kappa shape index (κ2) is 6.48. The van der Waals surface area contributed by atoms with Gasteiger partial charge in [0.2, 0.25) is 0 Å². The molecule has 1 rings (SSSR count). The van der Waals surface area contributed by atoms with Gasteiger partial charge in [-0.3, -0.25) is 9.59 Å². The van der Waals surface area contributed by atoms with Crippen molar-refractivity contribution in [1.82, 2.24) is 0 Å². The molecule has 0 aliphatic rings. The Kier molecular flexibility index (Phi) is 4.94.